The second-order valence-electron chi connectivity index (χ2n) is 6.39. The smallest absolute Gasteiger partial charge is 0.378 e. The van der Waals surface area contributed by atoms with Gasteiger partial charge in [-0.25, -0.2) is 4.39 Å². The summed E-state index contributed by atoms with van der Waals surface area (Å²) in [6.45, 7) is 0.494. The summed E-state index contributed by atoms with van der Waals surface area (Å²) in [7, 11) is 0. The van der Waals surface area contributed by atoms with Crippen molar-refractivity contribution in [3.63, 3.8) is 0 Å². The van der Waals surface area contributed by atoms with Crippen LogP contribution in [0.1, 0.15) is 5.82 Å². The highest BCUT2D eigenvalue weighted by molar-refractivity contribution is 7.98. The zero-order chi connectivity index (χ0) is 21.1. The zero-order valence-corrected chi connectivity index (χ0v) is 16.3. The number of aromatic nitrogens is 5. The maximum atomic E-state index is 13.1. The summed E-state index contributed by atoms with van der Waals surface area (Å²) in [4.78, 5) is 5.91. The molecule has 0 radical (unpaired) electrons. The van der Waals surface area contributed by atoms with Gasteiger partial charge in [-0.3, -0.25) is 4.57 Å². The van der Waals surface area contributed by atoms with E-state index in [1.807, 2.05) is 0 Å². The quantitative estimate of drug-likeness (QED) is 0.424. The van der Waals surface area contributed by atoms with Crippen LogP contribution in [0.4, 0.5) is 23.5 Å². The number of anilines is 1. The molecular formula is C17H16F4N6O2S. The van der Waals surface area contributed by atoms with Crippen LogP contribution in [0.2, 0.25) is 0 Å². The fraction of sp³-hybridized carbons (Fsp3) is 0.412. The van der Waals surface area contributed by atoms with E-state index in [-0.39, 0.29) is 28.6 Å². The van der Waals surface area contributed by atoms with Crippen molar-refractivity contribution in [3.05, 3.63) is 35.9 Å². The van der Waals surface area contributed by atoms with Crippen LogP contribution in [0.15, 0.2) is 33.9 Å². The molecule has 3 heterocycles. The van der Waals surface area contributed by atoms with E-state index in [0.29, 0.717) is 31.9 Å². The Labute approximate surface area is 172 Å². The van der Waals surface area contributed by atoms with Gasteiger partial charge in [-0.1, -0.05) is 16.9 Å². The molecule has 0 spiro atoms. The van der Waals surface area contributed by atoms with Crippen LogP contribution in [-0.4, -0.2) is 57.4 Å². The predicted octanol–water partition coefficient (Wildman–Crippen LogP) is 3.16. The van der Waals surface area contributed by atoms with E-state index in [9.17, 15) is 17.6 Å². The lowest BCUT2D eigenvalue weighted by molar-refractivity contribution is -0.141. The van der Waals surface area contributed by atoms with Crippen LogP contribution in [-0.2, 0) is 17.0 Å². The predicted molar refractivity (Wildman–Crippen MR) is 98.4 cm³/mol. The summed E-state index contributed by atoms with van der Waals surface area (Å²) in [6, 6.07) is 5.52. The van der Waals surface area contributed by atoms with Gasteiger partial charge in [-0.15, -0.1) is 10.2 Å². The number of nitrogens with zero attached hydrogens (tertiary/aromatic N) is 6. The number of alkyl halides is 3. The molecule has 1 aliphatic rings. The molecule has 8 nitrogen and oxygen atoms in total. The summed E-state index contributed by atoms with van der Waals surface area (Å²) in [5.74, 6) is 0.349. The van der Waals surface area contributed by atoms with Crippen molar-refractivity contribution in [2.24, 2.45) is 0 Å². The maximum absolute atomic E-state index is 13.1. The van der Waals surface area contributed by atoms with Gasteiger partial charge in [-0.2, -0.15) is 18.2 Å². The van der Waals surface area contributed by atoms with E-state index in [1.54, 1.807) is 4.90 Å². The van der Waals surface area contributed by atoms with Gasteiger partial charge in [0.05, 0.1) is 19.0 Å². The SMILES string of the molecule is Fc1ccc(-c2nc(CSc3nnc(N4CCOCC4)n3CC(F)(F)F)no2)cc1. The van der Waals surface area contributed by atoms with Gasteiger partial charge < -0.3 is 14.2 Å². The van der Waals surface area contributed by atoms with Crippen LogP contribution in [0.3, 0.4) is 0 Å². The van der Waals surface area contributed by atoms with E-state index in [1.165, 1.54) is 24.3 Å². The molecule has 3 aromatic rings. The Morgan fingerprint density at radius 2 is 1.80 bits per heavy atom. The normalized spacial score (nSPS) is 15.0. The molecule has 0 aliphatic carbocycles. The third kappa shape index (κ3) is 4.90. The zero-order valence-electron chi connectivity index (χ0n) is 15.5. The molecule has 1 aliphatic heterocycles. The Kier molecular flexibility index (Phi) is 5.90. The molecule has 0 bridgehead atoms. The number of hydrogen-bond acceptors (Lipinski definition) is 8. The van der Waals surface area contributed by atoms with Crippen molar-refractivity contribution in [3.8, 4) is 11.5 Å². The number of thioether (sulfide) groups is 1. The van der Waals surface area contributed by atoms with Gasteiger partial charge in [0.15, 0.2) is 11.0 Å². The standard InChI is InChI=1S/C17H16F4N6O2S/c18-12-3-1-11(2-4-12)14-22-13(25-29-14)9-30-16-24-23-15(26-5-7-28-8-6-26)27(16)10-17(19,20)21/h1-4H,5-10H2. The maximum Gasteiger partial charge on any atom is 0.406 e. The largest absolute Gasteiger partial charge is 0.406 e. The van der Waals surface area contributed by atoms with Gasteiger partial charge >= 0.3 is 6.18 Å². The molecule has 2 aromatic heterocycles. The molecule has 1 aromatic carbocycles. The van der Waals surface area contributed by atoms with Gasteiger partial charge in [0.2, 0.25) is 5.95 Å². The van der Waals surface area contributed by atoms with Crippen LogP contribution < -0.4 is 4.90 Å². The van der Waals surface area contributed by atoms with E-state index < -0.39 is 18.5 Å². The number of morpholine rings is 1. The first-order chi connectivity index (χ1) is 14.4. The Balaban J connectivity index is 1.50. The molecule has 4 rings (SSSR count). The Morgan fingerprint density at radius 3 is 2.50 bits per heavy atom. The summed E-state index contributed by atoms with van der Waals surface area (Å²) in [5, 5.41) is 11.8. The Bertz CT molecular complexity index is 985. The number of ether oxygens (including phenoxy) is 1. The third-order valence-electron chi connectivity index (χ3n) is 4.22. The monoisotopic (exact) mass is 444 g/mol. The lowest BCUT2D eigenvalue weighted by atomic mass is 10.2. The van der Waals surface area contributed by atoms with Gasteiger partial charge in [-0.05, 0) is 24.3 Å². The number of benzene rings is 1. The first-order valence-electron chi connectivity index (χ1n) is 8.93. The number of rotatable bonds is 6. The van der Waals surface area contributed by atoms with Gasteiger partial charge in [0, 0.05) is 18.7 Å². The highest BCUT2D eigenvalue weighted by atomic mass is 32.2. The highest BCUT2D eigenvalue weighted by Gasteiger charge is 2.33. The lowest BCUT2D eigenvalue weighted by Gasteiger charge is -2.28. The molecule has 160 valence electrons. The molecule has 0 atom stereocenters. The molecule has 1 fully saturated rings. The molecule has 0 unspecified atom stereocenters. The van der Waals surface area contributed by atoms with Crippen LogP contribution in [0.5, 0.6) is 0 Å². The van der Waals surface area contributed by atoms with Crippen molar-refractivity contribution < 1.29 is 26.8 Å². The molecule has 0 N–H and O–H groups in total. The minimum atomic E-state index is -4.43. The van der Waals surface area contributed by atoms with E-state index in [0.717, 1.165) is 16.3 Å². The summed E-state index contributed by atoms with van der Waals surface area (Å²) in [5.41, 5.74) is 0.537. The van der Waals surface area contributed by atoms with Crippen LogP contribution in [0.25, 0.3) is 11.5 Å². The Morgan fingerprint density at radius 1 is 1.07 bits per heavy atom. The van der Waals surface area contributed by atoms with Crippen LogP contribution >= 0.6 is 11.8 Å². The van der Waals surface area contributed by atoms with Gasteiger partial charge in [0.1, 0.15) is 12.4 Å². The van der Waals surface area contributed by atoms with Crippen LogP contribution in [0, 0.1) is 5.82 Å². The van der Waals surface area contributed by atoms with E-state index in [4.69, 9.17) is 9.26 Å². The number of hydrogen-bond donors (Lipinski definition) is 0. The minimum absolute atomic E-state index is 0.0990. The molecule has 0 saturated carbocycles. The average Bonchev–Trinajstić information content (AvgIpc) is 3.34. The topological polar surface area (TPSA) is 82.1 Å². The summed E-state index contributed by atoms with van der Waals surface area (Å²) < 4.78 is 63.9. The van der Waals surface area contributed by atoms with Crippen molar-refractivity contribution in [2.75, 3.05) is 31.2 Å². The summed E-state index contributed by atoms with van der Waals surface area (Å²) >= 11 is 1.02. The molecule has 30 heavy (non-hydrogen) atoms. The highest BCUT2D eigenvalue weighted by Crippen LogP contribution is 2.29. The van der Waals surface area contributed by atoms with Gasteiger partial charge in [0.25, 0.3) is 5.89 Å². The second-order valence-corrected chi connectivity index (χ2v) is 7.34. The Hall–Kier alpha value is -2.67. The number of halogens is 4. The van der Waals surface area contributed by atoms with Crippen molar-refractivity contribution >= 4 is 17.7 Å². The fourth-order valence-corrected chi connectivity index (χ4v) is 3.63. The average molecular weight is 444 g/mol. The molecular weight excluding hydrogens is 428 g/mol. The molecule has 13 heteroatoms. The van der Waals surface area contributed by atoms with E-state index in [2.05, 4.69) is 20.3 Å². The lowest BCUT2D eigenvalue weighted by Crippen LogP contribution is -2.38. The van der Waals surface area contributed by atoms with Crippen molar-refractivity contribution in [1.29, 1.82) is 0 Å². The first-order valence-corrected chi connectivity index (χ1v) is 9.91. The van der Waals surface area contributed by atoms with Crippen molar-refractivity contribution in [1.82, 2.24) is 24.9 Å². The first kappa shape index (κ1) is 20.6. The summed E-state index contributed by atoms with van der Waals surface area (Å²) in [6.07, 6.45) is -4.43. The fourth-order valence-electron chi connectivity index (χ4n) is 2.85. The molecule has 0 amide bonds. The molecule has 1 saturated heterocycles. The minimum Gasteiger partial charge on any atom is -0.378 e. The van der Waals surface area contributed by atoms with Crippen molar-refractivity contribution in [2.45, 2.75) is 23.6 Å². The van der Waals surface area contributed by atoms with E-state index >= 15 is 0 Å². The second kappa shape index (κ2) is 8.60. The third-order valence-corrected chi connectivity index (χ3v) is 5.18.